The second kappa shape index (κ2) is 10.4. The highest BCUT2D eigenvalue weighted by molar-refractivity contribution is 7.89. The Balaban J connectivity index is 1.68. The van der Waals surface area contributed by atoms with Crippen molar-refractivity contribution in [3.8, 4) is 11.4 Å². The molecule has 2 aromatic heterocycles. The van der Waals surface area contributed by atoms with Gasteiger partial charge < -0.3 is 5.11 Å². The maximum absolute atomic E-state index is 12.7. The lowest BCUT2D eigenvalue weighted by atomic mass is 10.2. The van der Waals surface area contributed by atoms with Crippen LogP contribution in [0.2, 0.25) is 5.02 Å². The van der Waals surface area contributed by atoms with Gasteiger partial charge in [0.05, 0.1) is 18.0 Å². The van der Waals surface area contributed by atoms with Gasteiger partial charge in [0.1, 0.15) is 0 Å². The molecular weight excluding hydrogens is 474 g/mol. The second-order valence-electron chi connectivity index (χ2n) is 7.75. The number of hydrogen-bond donors (Lipinski definition) is 1. The standard InChI is InChI=1S/C24H24ClN5O3S/c1-29(13-14-31)34(32,33)22-10-6-20(7-11-22)24-27-23(15-19-3-2-12-26-16-19)28-30(24)17-18-4-8-21(25)9-5-18/h2-12,16,31H,13-15,17H2,1H3. The summed E-state index contributed by atoms with van der Waals surface area (Å²) in [4.78, 5) is 9.05. The van der Waals surface area contributed by atoms with Crippen molar-refractivity contribution in [1.82, 2.24) is 24.1 Å². The molecule has 0 atom stereocenters. The minimum absolute atomic E-state index is 0.0250. The molecule has 34 heavy (non-hydrogen) atoms. The molecule has 0 bridgehead atoms. The van der Waals surface area contributed by atoms with Crippen LogP contribution in [0.3, 0.4) is 0 Å². The van der Waals surface area contributed by atoms with Crippen LogP contribution in [0.15, 0.2) is 78.0 Å². The summed E-state index contributed by atoms with van der Waals surface area (Å²) in [5, 5.41) is 14.4. The number of pyridine rings is 1. The monoisotopic (exact) mass is 497 g/mol. The fraction of sp³-hybridized carbons (Fsp3) is 0.208. The lowest BCUT2D eigenvalue weighted by Gasteiger charge is -2.16. The van der Waals surface area contributed by atoms with Crippen LogP contribution in [-0.4, -0.2) is 57.8 Å². The van der Waals surface area contributed by atoms with Crippen molar-refractivity contribution < 1.29 is 13.5 Å². The number of nitrogens with zero attached hydrogens (tertiary/aromatic N) is 5. The Bertz CT molecular complexity index is 1340. The second-order valence-corrected chi connectivity index (χ2v) is 10.2. The van der Waals surface area contributed by atoms with Crippen molar-refractivity contribution >= 4 is 21.6 Å². The predicted molar refractivity (Wildman–Crippen MR) is 130 cm³/mol. The molecule has 4 aromatic rings. The highest BCUT2D eigenvalue weighted by atomic mass is 35.5. The number of halogens is 1. The van der Waals surface area contributed by atoms with E-state index in [2.05, 4.69) is 4.98 Å². The van der Waals surface area contributed by atoms with Crippen molar-refractivity contribution in [2.75, 3.05) is 20.2 Å². The van der Waals surface area contributed by atoms with Crippen LogP contribution in [0.5, 0.6) is 0 Å². The summed E-state index contributed by atoms with van der Waals surface area (Å²) in [5.41, 5.74) is 2.74. The van der Waals surface area contributed by atoms with Crippen molar-refractivity contribution in [2.24, 2.45) is 0 Å². The molecule has 0 aliphatic rings. The van der Waals surface area contributed by atoms with Gasteiger partial charge in [0.25, 0.3) is 0 Å². The number of hydrogen-bond acceptors (Lipinski definition) is 6. The highest BCUT2D eigenvalue weighted by Gasteiger charge is 2.21. The molecule has 4 rings (SSSR count). The molecule has 0 fully saturated rings. The molecule has 0 radical (unpaired) electrons. The van der Waals surface area contributed by atoms with E-state index in [-0.39, 0.29) is 18.0 Å². The van der Waals surface area contributed by atoms with Gasteiger partial charge in [-0.3, -0.25) is 4.98 Å². The number of aliphatic hydroxyl groups is 1. The van der Waals surface area contributed by atoms with Crippen molar-refractivity contribution in [1.29, 1.82) is 0 Å². The molecule has 0 unspecified atom stereocenters. The number of aliphatic hydroxyl groups excluding tert-OH is 1. The number of aromatic nitrogens is 4. The number of likely N-dealkylation sites (N-methyl/N-ethyl adjacent to an activating group) is 1. The zero-order chi connectivity index (χ0) is 24.1. The van der Waals surface area contributed by atoms with E-state index in [9.17, 15) is 8.42 Å². The summed E-state index contributed by atoms with van der Waals surface area (Å²) < 4.78 is 28.3. The topological polar surface area (TPSA) is 101 Å². The third-order valence-corrected chi connectivity index (χ3v) is 7.40. The Hall–Kier alpha value is -3.11. The van der Waals surface area contributed by atoms with Crippen molar-refractivity contribution in [3.63, 3.8) is 0 Å². The van der Waals surface area contributed by atoms with Crippen molar-refractivity contribution in [3.05, 3.63) is 95.0 Å². The van der Waals surface area contributed by atoms with Gasteiger partial charge in [0.2, 0.25) is 10.0 Å². The Morgan fingerprint density at radius 2 is 1.76 bits per heavy atom. The lowest BCUT2D eigenvalue weighted by molar-refractivity contribution is 0.266. The van der Waals surface area contributed by atoms with Crippen LogP contribution >= 0.6 is 11.6 Å². The van der Waals surface area contributed by atoms with Gasteiger partial charge in [-0.2, -0.15) is 9.40 Å². The first kappa shape index (κ1) is 24.0. The third kappa shape index (κ3) is 5.51. The molecule has 0 aliphatic heterocycles. The van der Waals surface area contributed by atoms with E-state index in [1.807, 2.05) is 36.4 Å². The van der Waals surface area contributed by atoms with Crippen LogP contribution in [0.25, 0.3) is 11.4 Å². The Kier molecular flexibility index (Phi) is 7.38. The van der Waals surface area contributed by atoms with Gasteiger partial charge in [-0.15, -0.1) is 0 Å². The third-order valence-electron chi connectivity index (χ3n) is 5.28. The molecule has 2 aromatic carbocycles. The van der Waals surface area contributed by atoms with Gasteiger partial charge in [0, 0.05) is 43.0 Å². The number of sulfonamides is 1. The van der Waals surface area contributed by atoms with Gasteiger partial charge in [-0.05, 0) is 53.6 Å². The summed E-state index contributed by atoms with van der Waals surface area (Å²) in [6.07, 6.45) is 4.02. The Morgan fingerprint density at radius 1 is 1.03 bits per heavy atom. The van der Waals surface area contributed by atoms with Crippen LogP contribution in [-0.2, 0) is 23.0 Å². The van der Waals surface area contributed by atoms with Crippen LogP contribution in [0, 0.1) is 0 Å². The van der Waals surface area contributed by atoms with E-state index in [0.717, 1.165) is 21.0 Å². The Labute approximate surface area is 203 Å². The summed E-state index contributed by atoms with van der Waals surface area (Å²) >= 11 is 6.02. The molecule has 0 spiro atoms. The molecule has 2 heterocycles. The van der Waals surface area contributed by atoms with Gasteiger partial charge in [-0.1, -0.05) is 29.8 Å². The zero-order valence-corrected chi connectivity index (χ0v) is 20.1. The molecule has 176 valence electrons. The van der Waals surface area contributed by atoms with E-state index in [0.29, 0.717) is 29.6 Å². The first-order chi connectivity index (χ1) is 16.4. The first-order valence-electron chi connectivity index (χ1n) is 10.6. The number of benzene rings is 2. The summed E-state index contributed by atoms with van der Waals surface area (Å²) in [6.45, 7) is 0.254. The first-order valence-corrected chi connectivity index (χ1v) is 12.4. The summed E-state index contributed by atoms with van der Waals surface area (Å²) in [6, 6.07) is 17.9. The molecule has 0 amide bonds. The predicted octanol–water partition coefficient (Wildman–Crippen LogP) is 3.25. The van der Waals surface area contributed by atoms with E-state index in [1.165, 1.54) is 7.05 Å². The minimum atomic E-state index is -3.69. The maximum atomic E-state index is 12.7. The molecule has 8 nitrogen and oxygen atoms in total. The van der Waals surface area contributed by atoms with Crippen LogP contribution in [0.4, 0.5) is 0 Å². The average molecular weight is 498 g/mol. The molecular formula is C24H24ClN5O3S. The fourth-order valence-corrected chi connectivity index (χ4v) is 4.74. The van der Waals surface area contributed by atoms with E-state index < -0.39 is 10.0 Å². The van der Waals surface area contributed by atoms with Gasteiger partial charge >= 0.3 is 0 Å². The van der Waals surface area contributed by atoms with Crippen LogP contribution in [0.1, 0.15) is 17.0 Å². The highest BCUT2D eigenvalue weighted by Crippen LogP contribution is 2.23. The van der Waals surface area contributed by atoms with E-state index in [1.54, 1.807) is 41.3 Å². The van der Waals surface area contributed by atoms with E-state index >= 15 is 0 Å². The molecule has 0 saturated heterocycles. The van der Waals surface area contributed by atoms with Gasteiger partial charge in [-0.25, -0.2) is 18.1 Å². The molecule has 10 heteroatoms. The maximum Gasteiger partial charge on any atom is 0.242 e. The minimum Gasteiger partial charge on any atom is -0.395 e. The Morgan fingerprint density at radius 3 is 2.41 bits per heavy atom. The molecule has 0 aliphatic carbocycles. The SMILES string of the molecule is CN(CCO)S(=O)(=O)c1ccc(-c2nc(Cc3cccnc3)nn2Cc2ccc(Cl)cc2)cc1. The lowest BCUT2D eigenvalue weighted by Crippen LogP contribution is -2.29. The number of rotatable bonds is 9. The van der Waals surface area contributed by atoms with Crippen molar-refractivity contribution in [2.45, 2.75) is 17.9 Å². The summed E-state index contributed by atoms with van der Waals surface area (Å²) in [7, 11) is -2.25. The normalized spacial score (nSPS) is 11.8. The van der Waals surface area contributed by atoms with E-state index in [4.69, 9.17) is 26.8 Å². The zero-order valence-electron chi connectivity index (χ0n) is 18.5. The molecule has 1 N–H and O–H groups in total. The van der Waals surface area contributed by atoms with Crippen LogP contribution < -0.4 is 0 Å². The van der Waals surface area contributed by atoms with Gasteiger partial charge in [0.15, 0.2) is 11.6 Å². The molecule has 0 saturated carbocycles. The fourth-order valence-electron chi connectivity index (χ4n) is 3.45. The average Bonchev–Trinajstić information content (AvgIpc) is 3.23. The smallest absolute Gasteiger partial charge is 0.242 e. The summed E-state index contributed by atoms with van der Waals surface area (Å²) in [5.74, 6) is 1.26. The quantitative estimate of drug-likeness (QED) is 0.381. The largest absolute Gasteiger partial charge is 0.395 e.